The van der Waals surface area contributed by atoms with E-state index >= 15 is 0 Å². The van der Waals surface area contributed by atoms with Crippen LogP contribution in [-0.2, 0) is 9.53 Å². The lowest BCUT2D eigenvalue weighted by Gasteiger charge is -2.32. The Morgan fingerprint density at radius 3 is 2.50 bits per heavy atom. The van der Waals surface area contributed by atoms with E-state index in [1.54, 1.807) is 0 Å². The molecule has 0 saturated carbocycles. The number of aryl methyl sites for hydroxylation is 1. The van der Waals surface area contributed by atoms with Crippen LogP contribution in [-0.4, -0.2) is 49.2 Å². The van der Waals surface area contributed by atoms with E-state index in [1.807, 2.05) is 31.2 Å². The van der Waals surface area contributed by atoms with Crippen molar-refractivity contribution in [3.8, 4) is 0 Å². The van der Waals surface area contributed by atoms with Crippen molar-refractivity contribution >= 4 is 5.91 Å². The lowest BCUT2D eigenvalue weighted by molar-refractivity contribution is -0.123. The van der Waals surface area contributed by atoms with Crippen LogP contribution in [0.2, 0.25) is 0 Å². The molecule has 0 radical (unpaired) electrons. The maximum atomic E-state index is 12.4. The van der Waals surface area contributed by atoms with Gasteiger partial charge in [0.1, 0.15) is 6.04 Å². The third-order valence-corrected chi connectivity index (χ3v) is 4.51. The molecule has 1 atom stereocenters. The summed E-state index contributed by atoms with van der Waals surface area (Å²) in [5.74, 6) is -0.0829. The summed E-state index contributed by atoms with van der Waals surface area (Å²) in [6, 6.07) is 7.45. The molecule has 5 nitrogen and oxygen atoms in total. The molecule has 1 aliphatic heterocycles. The van der Waals surface area contributed by atoms with Crippen molar-refractivity contribution in [3.05, 3.63) is 35.4 Å². The van der Waals surface area contributed by atoms with Crippen molar-refractivity contribution in [2.45, 2.75) is 51.8 Å². The zero-order chi connectivity index (χ0) is 17.5. The van der Waals surface area contributed by atoms with E-state index in [-0.39, 0.29) is 18.1 Å². The molecule has 2 rings (SSSR count). The molecule has 0 aromatic heterocycles. The maximum absolute atomic E-state index is 12.4. The van der Waals surface area contributed by atoms with E-state index in [0.717, 1.165) is 44.6 Å². The number of amides is 1. The summed E-state index contributed by atoms with van der Waals surface area (Å²) in [5, 5.41) is 3.10. The average Bonchev–Trinajstić information content (AvgIpc) is 2.56. The van der Waals surface area contributed by atoms with E-state index < -0.39 is 6.04 Å². The second-order valence-electron chi connectivity index (χ2n) is 6.93. The zero-order valence-corrected chi connectivity index (χ0v) is 15.1. The molecule has 1 aliphatic rings. The number of nitrogens with one attached hydrogen (secondary N) is 1. The summed E-state index contributed by atoms with van der Waals surface area (Å²) in [6.45, 7) is 9.85. The summed E-state index contributed by atoms with van der Waals surface area (Å²) in [6.07, 6.45) is 2.22. The smallest absolute Gasteiger partial charge is 0.241 e. The molecule has 24 heavy (non-hydrogen) atoms. The number of rotatable bonds is 7. The van der Waals surface area contributed by atoms with Crippen LogP contribution in [0.25, 0.3) is 0 Å². The number of nitrogens with zero attached hydrogens (tertiary/aromatic N) is 1. The molecular formula is C19H31N3O2. The van der Waals surface area contributed by atoms with Gasteiger partial charge in [0, 0.05) is 25.7 Å². The average molecular weight is 333 g/mol. The lowest BCUT2D eigenvalue weighted by atomic mass is 10.0. The first-order valence-corrected chi connectivity index (χ1v) is 8.92. The van der Waals surface area contributed by atoms with Crippen LogP contribution in [0.3, 0.4) is 0 Å². The zero-order valence-electron chi connectivity index (χ0n) is 15.1. The van der Waals surface area contributed by atoms with Crippen molar-refractivity contribution in [1.29, 1.82) is 0 Å². The molecule has 1 aromatic carbocycles. The van der Waals surface area contributed by atoms with Crippen LogP contribution in [0.5, 0.6) is 0 Å². The minimum Gasteiger partial charge on any atom is -0.377 e. The Bertz CT molecular complexity index is 508. The molecule has 1 unspecified atom stereocenters. The van der Waals surface area contributed by atoms with E-state index in [9.17, 15) is 4.79 Å². The molecule has 5 heteroatoms. The van der Waals surface area contributed by atoms with Gasteiger partial charge < -0.3 is 20.7 Å². The maximum Gasteiger partial charge on any atom is 0.241 e. The Hall–Kier alpha value is -1.43. The first-order valence-electron chi connectivity index (χ1n) is 8.92. The lowest BCUT2D eigenvalue weighted by Crippen LogP contribution is -2.47. The number of nitrogens with two attached hydrogens (primary N) is 1. The number of hydrogen-bond donors (Lipinski definition) is 2. The highest BCUT2D eigenvalue weighted by Crippen LogP contribution is 2.14. The third-order valence-electron chi connectivity index (χ3n) is 4.51. The highest BCUT2D eigenvalue weighted by Gasteiger charge is 2.23. The predicted molar refractivity (Wildman–Crippen MR) is 96.8 cm³/mol. The van der Waals surface area contributed by atoms with Gasteiger partial charge in [-0.25, -0.2) is 0 Å². The van der Waals surface area contributed by atoms with Crippen molar-refractivity contribution in [3.63, 3.8) is 0 Å². The summed E-state index contributed by atoms with van der Waals surface area (Å²) >= 11 is 0. The van der Waals surface area contributed by atoms with Gasteiger partial charge in [-0.3, -0.25) is 4.79 Å². The Morgan fingerprint density at radius 2 is 1.92 bits per heavy atom. The van der Waals surface area contributed by atoms with Crippen molar-refractivity contribution in [2.24, 2.45) is 5.73 Å². The molecule has 3 N–H and O–H groups in total. The summed E-state index contributed by atoms with van der Waals surface area (Å²) in [5.41, 5.74) is 8.12. The van der Waals surface area contributed by atoms with Gasteiger partial charge in [-0.2, -0.15) is 0 Å². The van der Waals surface area contributed by atoms with E-state index in [4.69, 9.17) is 10.5 Å². The monoisotopic (exact) mass is 333 g/mol. The summed E-state index contributed by atoms with van der Waals surface area (Å²) in [4.78, 5) is 14.7. The van der Waals surface area contributed by atoms with E-state index in [0.29, 0.717) is 0 Å². The number of benzene rings is 1. The predicted octanol–water partition coefficient (Wildman–Crippen LogP) is 2.00. The largest absolute Gasteiger partial charge is 0.377 e. The van der Waals surface area contributed by atoms with Gasteiger partial charge in [0.2, 0.25) is 5.91 Å². The number of likely N-dealkylation sites (tertiary alicyclic amines) is 1. The van der Waals surface area contributed by atoms with E-state index in [1.165, 1.54) is 5.56 Å². The van der Waals surface area contributed by atoms with Crippen molar-refractivity contribution < 1.29 is 9.53 Å². The van der Waals surface area contributed by atoms with Gasteiger partial charge in [-0.05, 0) is 39.2 Å². The number of piperidine rings is 1. The second kappa shape index (κ2) is 9.16. The van der Waals surface area contributed by atoms with Gasteiger partial charge in [-0.1, -0.05) is 29.8 Å². The minimum atomic E-state index is -0.594. The fourth-order valence-corrected chi connectivity index (χ4v) is 2.93. The van der Waals surface area contributed by atoms with Crippen LogP contribution in [0.1, 0.15) is 43.9 Å². The topological polar surface area (TPSA) is 67.6 Å². The quantitative estimate of drug-likeness (QED) is 0.801. The molecule has 1 aromatic rings. The van der Waals surface area contributed by atoms with Crippen molar-refractivity contribution in [1.82, 2.24) is 10.2 Å². The Kier molecular flexibility index (Phi) is 7.21. The summed E-state index contributed by atoms with van der Waals surface area (Å²) in [7, 11) is 0. The number of carbonyl (C=O) groups excluding carboxylic acids is 1. The first-order chi connectivity index (χ1) is 11.5. The van der Waals surface area contributed by atoms with Gasteiger partial charge in [0.05, 0.1) is 12.7 Å². The molecule has 1 saturated heterocycles. The highest BCUT2D eigenvalue weighted by molar-refractivity contribution is 5.83. The van der Waals surface area contributed by atoms with Gasteiger partial charge >= 0.3 is 0 Å². The fourth-order valence-electron chi connectivity index (χ4n) is 2.93. The van der Waals surface area contributed by atoms with Gasteiger partial charge in [-0.15, -0.1) is 0 Å². The first kappa shape index (κ1) is 18.9. The standard InChI is InChI=1S/C19H31N3O2/c1-14(2)24-13-12-22-10-8-17(9-11-22)21-19(23)18(20)16-6-4-15(3)5-7-16/h4-7,14,17-18H,8-13,20H2,1-3H3,(H,21,23). The normalized spacial score (nSPS) is 17.9. The molecule has 1 amide bonds. The van der Waals surface area contributed by atoms with Gasteiger partial charge in [0.25, 0.3) is 0 Å². The number of hydrogen-bond acceptors (Lipinski definition) is 4. The van der Waals surface area contributed by atoms with Crippen LogP contribution < -0.4 is 11.1 Å². The van der Waals surface area contributed by atoms with Crippen molar-refractivity contribution in [2.75, 3.05) is 26.2 Å². The van der Waals surface area contributed by atoms with Crippen LogP contribution in [0.15, 0.2) is 24.3 Å². The van der Waals surface area contributed by atoms with Crippen LogP contribution >= 0.6 is 0 Å². The molecular weight excluding hydrogens is 302 g/mol. The molecule has 0 aliphatic carbocycles. The molecule has 1 fully saturated rings. The number of carbonyl (C=O) groups is 1. The fraction of sp³-hybridized carbons (Fsp3) is 0.632. The Labute approximate surface area is 145 Å². The summed E-state index contributed by atoms with van der Waals surface area (Å²) < 4.78 is 5.60. The van der Waals surface area contributed by atoms with Crippen LogP contribution in [0.4, 0.5) is 0 Å². The molecule has 0 bridgehead atoms. The van der Waals surface area contributed by atoms with Gasteiger partial charge in [0.15, 0.2) is 0 Å². The van der Waals surface area contributed by atoms with Crippen LogP contribution in [0, 0.1) is 6.92 Å². The Balaban J connectivity index is 1.72. The SMILES string of the molecule is Cc1ccc(C(N)C(=O)NC2CCN(CCOC(C)C)CC2)cc1. The second-order valence-corrected chi connectivity index (χ2v) is 6.93. The highest BCUT2D eigenvalue weighted by atomic mass is 16.5. The third kappa shape index (κ3) is 5.89. The minimum absolute atomic E-state index is 0.0829. The molecule has 1 heterocycles. The Morgan fingerprint density at radius 1 is 1.29 bits per heavy atom. The van der Waals surface area contributed by atoms with E-state index in [2.05, 4.69) is 24.1 Å². The molecule has 134 valence electrons. The molecule has 0 spiro atoms. The number of ether oxygens (including phenoxy) is 1.